The van der Waals surface area contributed by atoms with Gasteiger partial charge >= 0.3 is 0 Å². The van der Waals surface area contributed by atoms with Crippen LogP contribution < -0.4 is 5.73 Å². The highest BCUT2D eigenvalue weighted by Gasteiger charge is 2.30. The maximum atomic E-state index is 11.8. The van der Waals surface area contributed by atoms with Crippen LogP contribution in [0.25, 0.3) is 0 Å². The van der Waals surface area contributed by atoms with E-state index in [9.17, 15) is 4.79 Å². The second-order valence-electron chi connectivity index (χ2n) is 4.22. The summed E-state index contributed by atoms with van der Waals surface area (Å²) in [6, 6.07) is 1.99. The van der Waals surface area contributed by atoms with E-state index in [0.29, 0.717) is 13.0 Å². The molecule has 4 nitrogen and oxygen atoms in total. The second-order valence-corrected chi connectivity index (χ2v) is 4.22. The van der Waals surface area contributed by atoms with Crippen LogP contribution in [0.5, 0.6) is 0 Å². The Labute approximate surface area is 85.7 Å². The summed E-state index contributed by atoms with van der Waals surface area (Å²) in [5, 5.41) is 8.51. The van der Waals surface area contributed by atoms with Gasteiger partial charge in [-0.2, -0.15) is 5.26 Å². The fourth-order valence-electron chi connectivity index (χ4n) is 1.03. The van der Waals surface area contributed by atoms with Crippen LogP contribution in [0.2, 0.25) is 0 Å². The van der Waals surface area contributed by atoms with Gasteiger partial charge < -0.3 is 10.6 Å². The van der Waals surface area contributed by atoms with Crippen molar-refractivity contribution in [3.05, 3.63) is 0 Å². The minimum Gasteiger partial charge on any atom is -0.342 e. The smallest absolute Gasteiger partial charge is 0.229 e. The quantitative estimate of drug-likeness (QED) is 0.722. The van der Waals surface area contributed by atoms with E-state index in [1.165, 1.54) is 0 Å². The lowest BCUT2D eigenvalue weighted by Crippen LogP contribution is -2.46. The molecule has 0 aromatic carbocycles. The van der Waals surface area contributed by atoms with Crippen LogP contribution in [-0.4, -0.2) is 30.4 Å². The summed E-state index contributed by atoms with van der Waals surface area (Å²) >= 11 is 0. The van der Waals surface area contributed by atoms with Crippen molar-refractivity contribution in [1.82, 2.24) is 4.90 Å². The summed E-state index contributed by atoms with van der Waals surface area (Å²) in [4.78, 5) is 13.4. The van der Waals surface area contributed by atoms with Crippen molar-refractivity contribution in [3.63, 3.8) is 0 Å². The average molecular weight is 197 g/mol. The largest absolute Gasteiger partial charge is 0.342 e. The van der Waals surface area contributed by atoms with Crippen molar-refractivity contribution >= 4 is 5.91 Å². The van der Waals surface area contributed by atoms with Crippen LogP contribution in [0.1, 0.15) is 27.2 Å². The third kappa shape index (κ3) is 3.00. The van der Waals surface area contributed by atoms with Gasteiger partial charge in [0.25, 0.3) is 0 Å². The van der Waals surface area contributed by atoms with E-state index in [0.717, 1.165) is 0 Å². The summed E-state index contributed by atoms with van der Waals surface area (Å²) in [5.41, 5.74) is 4.96. The van der Waals surface area contributed by atoms with Crippen LogP contribution in [0, 0.1) is 16.7 Å². The molecule has 14 heavy (non-hydrogen) atoms. The number of nitrogens with zero attached hydrogens (tertiary/aromatic N) is 2. The Kier molecular flexibility index (Phi) is 4.58. The van der Waals surface area contributed by atoms with Crippen molar-refractivity contribution in [2.45, 2.75) is 33.2 Å². The van der Waals surface area contributed by atoms with Gasteiger partial charge in [0, 0.05) is 19.6 Å². The Balaban J connectivity index is 4.48. The van der Waals surface area contributed by atoms with E-state index >= 15 is 0 Å². The molecule has 0 fully saturated rings. The number of nitriles is 1. The Morgan fingerprint density at radius 3 is 2.50 bits per heavy atom. The average Bonchev–Trinajstić information content (AvgIpc) is 2.15. The number of carbonyl (C=O) groups excluding carboxylic acids is 1. The number of amides is 1. The fourth-order valence-corrected chi connectivity index (χ4v) is 1.03. The summed E-state index contributed by atoms with van der Waals surface area (Å²) in [6.07, 6.45) is 0.350. The van der Waals surface area contributed by atoms with E-state index in [1.54, 1.807) is 11.9 Å². The lowest BCUT2D eigenvalue weighted by Gasteiger charge is -2.31. The molecule has 2 N–H and O–H groups in total. The molecule has 0 bridgehead atoms. The Morgan fingerprint density at radius 1 is 1.64 bits per heavy atom. The molecule has 0 aliphatic carbocycles. The molecule has 0 aromatic heterocycles. The maximum absolute atomic E-state index is 11.8. The third-order valence-corrected chi connectivity index (χ3v) is 2.46. The van der Waals surface area contributed by atoms with Crippen LogP contribution in [-0.2, 0) is 4.79 Å². The summed E-state index contributed by atoms with van der Waals surface area (Å²) in [7, 11) is 1.71. The molecule has 0 aliphatic heterocycles. The number of hydrogen-bond donors (Lipinski definition) is 1. The molecule has 0 aliphatic rings. The Morgan fingerprint density at radius 2 is 2.14 bits per heavy atom. The molecule has 1 amide bonds. The first kappa shape index (κ1) is 12.9. The summed E-state index contributed by atoms with van der Waals surface area (Å²) in [5.74, 6) is -0.0113. The third-order valence-electron chi connectivity index (χ3n) is 2.46. The van der Waals surface area contributed by atoms with Gasteiger partial charge in [0.05, 0.1) is 17.9 Å². The van der Waals surface area contributed by atoms with Crippen molar-refractivity contribution < 1.29 is 4.79 Å². The molecular weight excluding hydrogens is 178 g/mol. The molecule has 4 heteroatoms. The molecule has 0 saturated heterocycles. The first-order valence-corrected chi connectivity index (χ1v) is 4.71. The highest BCUT2D eigenvalue weighted by atomic mass is 16.2. The van der Waals surface area contributed by atoms with Crippen LogP contribution in [0.15, 0.2) is 0 Å². The first-order chi connectivity index (χ1) is 6.36. The predicted molar refractivity (Wildman–Crippen MR) is 55.3 cm³/mol. The molecule has 0 aromatic rings. The SMILES string of the molecule is CC(CC#N)N(C)C(=O)C(C)(C)CN. The van der Waals surface area contributed by atoms with Crippen molar-refractivity contribution in [3.8, 4) is 6.07 Å². The normalized spacial score (nSPS) is 13.1. The predicted octanol–water partition coefficient (Wildman–Crippen LogP) is 0.732. The van der Waals surface area contributed by atoms with Crippen LogP contribution in [0.4, 0.5) is 0 Å². The van der Waals surface area contributed by atoms with Gasteiger partial charge in [-0.3, -0.25) is 4.79 Å². The van der Waals surface area contributed by atoms with Gasteiger partial charge in [-0.1, -0.05) is 0 Å². The van der Waals surface area contributed by atoms with Crippen molar-refractivity contribution in [1.29, 1.82) is 5.26 Å². The monoisotopic (exact) mass is 197 g/mol. The first-order valence-electron chi connectivity index (χ1n) is 4.71. The zero-order valence-electron chi connectivity index (χ0n) is 9.37. The fraction of sp³-hybridized carbons (Fsp3) is 0.800. The molecule has 0 spiro atoms. The van der Waals surface area contributed by atoms with Gasteiger partial charge in [-0.25, -0.2) is 0 Å². The Bertz CT molecular complexity index is 242. The lowest BCUT2D eigenvalue weighted by atomic mass is 9.91. The topological polar surface area (TPSA) is 70.1 Å². The van der Waals surface area contributed by atoms with Crippen LogP contribution in [0.3, 0.4) is 0 Å². The second kappa shape index (κ2) is 4.97. The highest BCUT2D eigenvalue weighted by molar-refractivity contribution is 5.82. The number of nitrogens with two attached hydrogens (primary N) is 1. The van der Waals surface area contributed by atoms with E-state index in [-0.39, 0.29) is 11.9 Å². The minimum atomic E-state index is -0.543. The minimum absolute atomic E-state index is 0.0113. The summed E-state index contributed by atoms with van der Waals surface area (Å²) in [6.45, 7) is 5.79. The Hall–Kier alpha value is -1.08. The number of hydrogen-bond acceptors (Lipinski definition) is 3. The van der Waals surface area contributed by atoms with Gasteiger partial charge in [0.15, 0.2) is 0 Å². The molecule has 0 radical (unpaired) electrons. The van der Waals surface area contributed by atoms with Crippen molar-refractivity contribution in [2.75, 3.05) is 13.6 Å². The number of rotatable bonds is 4. The van der Waals surface area contributed by atoms with Gasteiger partial charge in [0.1, 0.15) is 0 Å². The molecule has 0 saturated carbocycles. The van der Waals surface area contributed by atoms with E-state index in [2.05, 4.69) is 0 Å². The molecule has 1 atom stereocenters. The van der Waals surface area contributed by atoms with Gasteiger partial charge in [-0.05, 0) is 20.8 Å². The summed E-state index contributed by atoms with van der Waals surface area (Å²) < 4.78 is 0. The van der Waals surface area contributed by atoms with Crippen molar-refractivity contribution in [2.24, 2.45) is 11.1 Å². The molecular formula is C10H19N3O. The van der Waals surface area contributed by atoms with Crippen LogP contribution >= 0.6 is 0 Å². The molecule has 0 rings (SSSR count). The molecule has 1 unspecified atom stereocenters. The lowest BCUT2D eigenvalue weighted by molar-refractivity contribution is -0.140. The molecule has 80 valence electrons. The zero-order chi connectivity index (χ0) is 11.4. The van der Waals surface area contributed by atoms with Gasteiger partial charge in [0.2, 0.25) is 5.91 Å². The van der Waals surface area contributed by atoms with Gasteiger partial charge in [-0.15, -0.1) is 0 Å². The number of carbonyl (C=O) groups is 1. The zero-order valence-corrected chi connectivity index (χ0v) is 9.37. The van der Waals surface area contributed by atoms with E-state index < -0.39 is 5.41 Å². The van der Waals surface area contributed by atoms with E-state index in [1.807, 2.05) is 26.8 Å². The maximum Gasteiger partial charge on any atom is 0.229 e. The van der Waals surface area contributed by atoms with E-state index in [4.69, 9.17) is 11.0 Å². The highest BCUT2D eigenvalue weighted by Crippen LogP contribution is 2.18. The standard InChI is InChI=1S/C10H19N3O/c1-8(5-6-11)13(4)9(14)10(2,3)7-12/h8H,5,7,12H2,1-4H3. The molecule has 0 heterocycles.